The number of nitro groups is 1. The van der Waals surface area contributed by atoms with Crippen LogP contribution in [0.1, 0.15) is 16.7 Å². The Hall–Kier alpha value is -4.07. The third kappa shape index (κ3) is 3.96. The van der Waals surface area contributed by atoms with Crippen LogP contribution in [-0.4, -0.2) is 14.9 Å². The van der Waals surface area contributed by atoms with Gasteiger partial charge < -0.3 is 9.15 Å². The van der Waals surface area contributed by atoms with Crippen LogP contribution in [-0.2, 0) is 6.42 Å². The van der Waals surface area contributed by atoms with Crippen LogP contribution < -0.4 is 10.4 Å². The first-order valence-corrected chi connectivity index (χ1v) is 8.75. The molecule has 0 amide bonds. The fourth-order valence-corrected chi connectivity index (χ4v) is 2.95. The van der Waals surface area contributed by atoms with Crippen LogP contribution in [0.25, 0.3) is 11.0 Å². The van der Waals surface area contributed by atoms with Crippen LogP contribution in [0.2, 0.25) is 0 Å². The highest BCUT2D eigenvalue weighted by Gasteiger charge is 2.13. The van der Waals surface area contributed by atoms with Gasteiger partial charge in [0.2, 0.25) is 0 Å². The molecule has 29 heavy (non-hydrogen) atoms. The molecule has 2 heterocycles. The van der Waals surface area contributed by atoms with Crippen molar-refractivity contribution in [3.05, 3.63) is 98.1 Å². The van der Waals surface area contributed by atoms with Crippen molar-refractivity contribution in [3.8, 4) is 11.8 Å². The van der Waals surface area contributed by atoms with E-state index < -0.39 is 10.5 Å². The van der Waals surface area contributed by atoms with Gasteiger partial charge in [-0.15, -0.1) is 0 Å². The van der Waals surface area contributed by atoms with Gasteiger partial charge in [-0.25, -0.2) is 14.8 Å². The van der Waals surface area contributed by atoms with E-state index in [-0.39, 0.29) is 18.1 Å². The number of aryl methyl sites for hydroxylation is 1. The molecular weight excluding hydrogens is 374 g/mol. The molecule has 0 N–H and O–H groups in total. The summed E-state index contributed by atoms with van der Waals surface area (Å²) >= 11 is 0. The fraction of sp³-hybridized carbons (Fsp3) is 0.0952. The first kappa shape index (κ1) is 18.3. The van der Waals surface area contributed by atoms with Crippen LogP contribution in [0.4, 0.5) is 5.69 Å². The van der Waals surface area contributed by atoms with E-state index in [1.54, 1.807) is 61.8 Å². The minimum atomic E-state index is -0.506. The molecule has 2 aromatic heterocycles. The van der Waals surface area contributed by atoms with Crippen LogP contribution in [0.3, 0.4) is 0 Å². The Morgan fingerprint density at radius 3 is 2.66 bits per heavy atom. The molecule has 0 spiro atoms. The zero-order chi connectivity index (χ0) is 20.4. The Kier molecular flexibility index (Phi) is 4.74. The minimum Gasteiger partial charge on any atom is -0.424 e. The van der Waals surface area contributed by atoms with E-state index in [1.807, 2.05) is 0 Å². The third-order valence-electron chi connectivity index (χ3n) is 4.40. The fourth-order valence-electron chi connectivity index (χ4n) is 2.95. The topological polar surface area (TPSA) is 108 Å². The quantitative estimate of drug-likeness (QED) is 0.286. The number of aromatic nitrogens is 2. The summed E-state index contributed by atoms with van der Waals surface area (Å²) in [7, 11) is 0. The van der Waals surface area contributed by atoms with Gasteiger partial charge in [-0.1, -0.05) is 12.1 Å². The number of benzene rings is 2. The summed E-state index contributed by atoms with van der Waals surface area (Å²) in [6.45, 7) is 1.67. The summed E-state index contributed by atoms with van der Waals surface area (Å²) in [5.74, 6) is 0.439. The smallest absolute Gasteiger partial charge is 0.339 e. The van der Waals surface area contributed by atoms with Crippen molar-refractivity contribution in [2.24, 2.45) is 0 Å². The van der Waals surface area contributed by atoms with Crippen molar-refractivity contribution < 1.29 is 14.1 Å². The van der Waals surface area contributed by atoms with Gasteiger partial charge >= 0.3 is 11.6 Å². The maximum Gasteiger partial charge on any atom is 0.339 e. The summed E-state index contributed by atoms with van der Waals surface area (Å²) in [6, 6.07) is 13.6. The second-order valence-corrected chi connectivity index (χ2v) is 6.45. The molecule has 8 nitrogen and oxygen atoms in total. The first-order chi connectivity index (χ1) is 14.0. The molecule has 0 aliphatic carbocycles. The summed E-state index contributed by atoms with van der Waals surface area (Å²) in [4.78, 5) is 31.1. The molecule has 144 valence electrons. The zero-order valence-corrected chi connectivity index (χ0v) is 15.4. The predicted octanol–water partition coefficient (Wildman–Crippen LogP) is 4.18. The first-order valence-electron chi connectivity index (χ1n) is 8.75. The molecule has 0 aliphatic heterocycles. The molecule has 0 bridgehead atoms. The average Bonchev–Trinajstić information content (AvgIpc) is 2.70. The van der Waals surface area contributed by atoms with Gasteiger partial charge in [-0.05, 0) is 36.8 Å². The summed E-state index contributed by atoms with van der Waals surface area (Å²) in [5, 5.41) is 11.8. The molecule has 0 unspecified atom stereocenters. The van der Waals surface area contributed by atoms with E-state index in [1.165, 1.54) is 6.07 Å². The molecular formula is C21H15N3O5. The highest BCUT2D eigenvalue weighted by molar-refractivity contribution is 5.78. The molecule has 0 atom stereocenters. The minimum absolute atomic E-state index is 0.0256. The van der Waals surface area contributed by atoms with Crippen LogP contribution in [0.5, 0.6) is 11.8 Å². The van der Waals surface area contributed by atoms with Gasteiger partial charge in [0.15, 0.2) is 0 Å². The Bertz CT molecular complexity index is 1270. The standard InChI is InChI=1S/C21H15N3O5/c1-13-3-4-14(10-18(13)24(26)27)9-16-11-15-5-6-17(12-19(15)29-20(16)25)28-21-22-7-2-8-23-21/h2-8,10-12H,9H2,1H3. The average molecular weight is 389 g/mol. The lowest BCUT2D eigenvalue weighted by atomic mass is 10.0. The number of fused-ring (bicyclic) bond motifs is 1. The third-order valence-corrected chi connectivity index (χ3v) is 4.40. The number of rotatable bonds is 5. The van der Waals surface area contributed by atoms with Crippen LogP contribution >= 0.6 is 0 Å². The molecule has 0 fully saturated rings. The predicted molar refractivity (Wildman–Crippen MR) is 105 cm³/mol. The number of nitro benzene ring substituents is 1. The second-order valence-electron chi connectivity index (χ2n) is 6.45. The SMILES string of the molecule is Cc1ccc(Cc2cc3ccc(Oc4ncccn4)cc3oc2=O)cc1[N+](=O)[O-]. The molecule has 0 saturated heterocycles. The maximum absolute atomic E-state index is 12.4. The summed E-state index contributed by atoms with van der Waals surface area (Å²) < 4.78 is 11.0. The van der Waals surface area contributed by atoms with E-state index in [0.29, 0.717) is 33.4 Å². The van der Waals surface area contributed by atoms with Gasteiger partial charge in [0, 0.05) is 47.5 Å². The van der Waals surface area contributed by atoms with Gasteiger partial charge in [-0.2, -0.15) is 0 Å². The molecule has 0 aliphatic rings. The zero-order valence-electron chi connectivity index (χ0n) is 15.4. The van der Waals surface area contributed by atoms with Gasteiger partial charge in [0.1, 0.15) is 11.3 Å². The van der Waals surface area contributed by atoms with E-state index >= 15 is 0 Å². The highest BCUT2D eigenvalue weighted by atomic mass is 16.6. The van der Waals surface area contributed by atoms with E-state index in [9.17, 15) is 14.9 Å². The molecule has 0 radical (unpaired) electrons. The number of hydrogen-bond acceptors (Lipinski definition) is 7. The lowest BCUT2D eigenvalue weighted by Gasteiger charge is -2.06. The Labute approximate surface area is 164 Å². The van der Waals surface area contributed by atoms with E-state index in [4.69, 9.17) is 9.15 Å². The number of nitrogens with zero attached hydrogens (tertiary/aromatic N) is 3. The highest BCUT2D eigenvalue weighted by Crippen LogP contribution is 2.25. The monoisotopic (exact) mass is 389 g/mol. The van der Waals surface area contributed by atoms with Crippen molar-refractivity contribution >= 4 is 16.7 Å². The van der Waals surface area contributed by atoms with Crippen LogP contribution in [0, 0.1) is 17.0 Å². The van der Waals surface area contributed by atoms with Crippen molar-refractivity contribution in [1.29, 1.82) is 0 Å². The van der Waals surface area contributed by atoms with Crippen molar-refractivity contribution in [1.82, 2.24) is 9.97 Å². The Morgan fingerprint density at radius 2 is 1.90 bits per heavy atom. The molecule has 4 rings (SSSR count). The van der Waals surface area contributed by atoms with E-state index in [0.717, 1.165) is 0 Å². The Balaban J connectivity index is 1.64. The largest absolute Gasteiger partial charge is 0.424 e. The van der Waals surface area contributed by atoms with Gasteiger partial charge in [0.25, 0.3) is 5.69 Å². The molecule has 0 saturated carbocycles. The van der Waals surface area contributed by atoms with Crippen molar-refractivity contribution in [2.75, 3.05) is 0 Å². The lowest BCUT2D eigenvalue weighted by molar-refractivity contribution is -0.385. The molecule has 4 aromatic rings. The van der Waals surface area contributed by atoms with Gasteiger partial charge in [-0.3, -0.25) is 10.1 Å². The molecule has 8 heteroatoms. The number of ether oxygens (including phenoxy) is 1. The lowest BCUT2D eigenvalue weighted by Crippen LogP contribution is -2.08. The van der Waals surface area contributed by atoms with Crippen molar-refractivity contribution in [2.45, 2.75) is 13.3 Å². The molecule has 2 aromatic carbocycles. The Morgan fingerprint density at radius 1 is 1.10 bits per heavy atom. The normalized spacial score (nSPS) is 10.8. The second kappa shape index (κ2) is 7.51. The summed E-state index contributed by atoms with van der Waals surface area (Å²) in [6.07, 6.45) is 3.35. The van der Waals surface area contributed by atoms with Gasteiger partial charge in [0.05, 0.1) is 4.92 Å². The number of hydrogen-bond donors (Lipinski definition) is 0. The van der Waals surface area contributed by atoms with Crippen LogP contribution in [0.15, 0.2) is 70.1 Å². The van der Waals surface area contributed by atoms with E-state index in [2.05, 4.69) is 9.97 Å². The van der Waals surface area contributed by atoms with Crippen molar-refractivity contribution in [3.63, 3.8) is 0 Å². The maximum atomic E-state index is 12.4. The summed E-state index contributed by atoms with van der Waals surface area (Å²) in [5.41, 5.74) is 1.53.